The molecule has 0 aliphatic carbocycles. The summed E-state index contributed by atoms with van der Waals surface area (Å²) in [6, 6.07) is 1.83. The predicted molar refractivity (Wildman–Crippen MR) is 64.3 cm³/mol. The van der Waals surface area contributed by atoms with Gasteiger partial charge >= 0.3 is 0 Å². The molecule has 1 fully saturated rings. The number of hydrogen-bond donors (Lipinski definition) is 0. The van der Waals surface area contributed by atoms with E-state index in [1.54, 1.807) is 10.7 Å². The number of fused-ring (bicyclic) bond motifs is 1. The molecular weight excluding hydrogens is 241 g/mol. The zero-order chi connectivity index (χ0) is 11.8. The molecule has 1 atom stereocenters. The monoisotopic (exact) mass is 253 g/mol. The second-order valence-electron chi connectivity index (χ2n) is 3.94. The molecule has 1 unspecified atom stereocenters. The SMILES string of the molecule is CSc1nc(N2CCC(F)C2)n2nccc2n1. The summed E-state index contributed by atoms with van der Waals surface area (Å²) in [6.07, 6.45) is 3.39. The van der Waals surface area contributed by atoms with Gasteiger partial charge in [-0.2, -0.15) is 14.6 Å². The normalized spacial score (nSPS) is 20.4. The van der Waals surface area contributed by atoms with E-state index < -0.39 is 6.17 Å². The van der Waals surface area contributed by atoms with E-state index in [2.05, 4.69) is 15.1 Å². The molecule has 0 amide bonds. The average molecular weight is 253 g/mol. The molecule has 7 heteroatoms. The van der Waals surface area contributed by atoms with Crippen LogP contribution in [-0.4, -0.2) is 45.1 Å². The van der Waals surface area contributed by atoms with Gasteiger partial charge in [0.15, 0.2) is 10.8 Å². The highest BCUT2D eigenvalue weighted by molar-refractivity contribution is 7.98. The van der Waals surface area contributed by atoms with Crippen molar-refractivity contribution < 1.29 is 4.39 Å². The number of rotatable bonds is 2. The van der Waals surface area contributed by atoms with Gasteiger partial charge in [0.2, 0.25) is 5.95 Å². The fourth-order valence-corrected chi connectivity index (χ4v) is 2.34. The third-order valence-corrected chi connectivity index (χ3v) is 3.36. The molecule has 1 aliphatic rings. The van der Waals surface area contributed by atoms with Crippen molar-refractivity contribution in [2.24, 2.45) is 0 Å². The van der Waals surface area contributed by atoms with Gasteiger partial charge in [-0.25, -0.2) is 9.37 Å². The summed E-state index contributed by atoms with van der Waals surface area (Å²) in [5, 5.41) is 4.87. The minimum Gasteiger partial charge on any atom is -0.338 e. The Kier molecular flexibility index (Phi) is 2.62. The van der Waals surface area contributed by atoms with Crippen molar-refractivity contribution in [3.8, 4) is 0 Å². The van der Waals surface area contributed by atoms with Crippen molar-refractivity contribution >= 4 is 23.4 Å². The van der Waals surface area contributed by atoms with E-state index in [1.165, 1.54) is 11.8 Å². The van der Waals surface area contributed by atoms with Crippen LogP contribution in [0.4, 0.5) is 10.3 Å². The van der Waals surface area contributed by atoms with Crippen molar-refractivity contribution in [1.82, 2.24) is 19.6 Å². The summed E-state index contributed by atoms with van der Waals surface area (Å²) < 4.78 is 14.9. The van der Waals surface area contributed by atoms with Crippen LogP contribution < -0.4 is 4.90 Å². The standard InChI is InChI=1S/C10H12FN5S/c1-17-9-13-8-2-4-12-16(8)10(14-9)15-5-3-7(11)6-15/h2,4,7H,3,5-6H2,1H3. The maximum Gasteiger partial charge on any atom is 0.231 e. The molecule has 0 aromatic carbocycles. The highest BCUT2D eigenvalue weighted by Crippen LogP contribution is 2.22. The lowest BCUT2D eigenvalue weighted by molar-refractivity contribution is 0.364. The Labute approximate surface area is 102 Å². The molecule has 2 aromatic heterocycles. The Morgan fingerprint density at radius 2 is 2.35 bits per heavy atom. The Morgan fingerprint density at radius 3 is 3.06 bits per heavy atom. The summed E-state index contributed by atoms with van der Waals surface area (Å²) in [7, 11) is 0. The first-order valence-electron chi connectivity index (χ1n) is 5.42. The van der Waals surface area contributed by atoms with Gasteiger partial charge in [0.25, 0.3) is 0 Å². The number of alkyl halides is 1. The van der Waals surface area contributed by atoms with E-state index in [9.17, 15) is 4.39 Å². The van der Waals surface area contributed by atoms with Gasteiger partial charge in [0.05, 0.1) is 12.7 Å². The zero-order valence-electron chi connectivity index (χ0n) is 9.38. The van der Waals surface area contributed by atoms with Gasteiger partial charge in [0, 0.05) is 12.6 Å². The summed E-state index contributed by atoms with van der Waals surface area (Å²) in [5.41, 5.74) is 0.752. The number of halogens is 1. The van der Waals surface area contributed by atoms with Crippen molar-refractivity contribution in [2.45, 2.75) is 17.7 Å². The third kappa shape index (κ3) is 1.84. The van der Waals surface area contributed by atoms with Crippen molar-refractivity contribution in [1.29, 1.82) is 0 Å². The predicted octanol–water partition coefficient (Wildman–Crippen LogP) is 1.39. The van der Waals surface area contributed by atoms with Crippen LogP contribution in [0.15, 0.2) is 17.4 Å². The highest BCUT2D eigenvalue weighted by Gasteiger charge is 2.25. The molecule has 0 bridgehead atoms. The lowest BCUT2D eigenvalue weighted by Crippen LogP contribution is -2.24. The fraction of sp³-hybridized carbons (Fsp3) is 0.500. The van der Waals surface area contributed by atoms with Crippen LogP contribution in [0.1, 0.15) is 6.42 Å². The molecule has 90 valence electrons. The first-order valence-corrected chi connectivity index (χ1v) is 6.65. The van der Waals surface area contributed by atoms with Gasteiger partial charge in [-0.3, -0.25) is 0 Å². The minimum atomic E-state index is -0.770. The summed E-state index contributed by atoms with van der Waals surface area (Å²) >= 11 is 1.48. The molecule has 3 heterocycles. The van der Waals surface area contributed by atoms with Crippen LogP contribution >= 0.6 is 11.8 Å². The Balaban J connectivity index is 2.10. The lowest BCUT2D eigenvalue weighted by atomic mass is 10.3. The second kappa shape index (κ2) is 4.14. The van der Waals surface area contributed by atoms with Gasteiger partial charge in [-0.1, -0.05) is 11.8 Å². The van der Waals surface area contributed by atoms with Crippen LogP contribution in [0.3, 0.4) is 0 Å². The summed E-state index contributed by atoms with van der Waals surface area (Å²) in [4.78, 5) is 10.7. The Bertz CT molecular complexity index is 542. The van der Waals surface area contributed by atoms with Crippen molar-refractivity contribution in [2.75, 3.05) is 24.2 Å². The van der Waals surface area contributed by atoms with Crippen molar-refractivity contribution in [3.63, 3.8) is 0 Å². The van der Waals surface area contributed by atoms with E-state index >= 15 is 0 Å². The molecule has 0 N–H and O–H groups in total. The summed E-state index contributed by atoms with van der Waals surface area (Å²) in [5.74, 6) is 0.685. The van der Waals surface area contributed by atoms with Crippen LogP contribution in [0.2, 0.25) is 0 Å². The number of hydrogen-bond acceptors (Lipinski definition) is 5. The first-order chi connectivity index (χ1) is 8.28. The van der Waals surface area contributed by atoms with Gasteiger partial charge in [0.1, 0.15) is 6.17 Å². The van der Waals surface area contributed by atoms with Crippen LogP contribution in [0, 0.1) is 0 Å². The van der Waals surface area contributed by atoms with Crippen LogP contribution in [0.25, 0.3) is 5.65 Å². The quantitative estimate of drug-likeness (QED) is 0.757. The second-order valence-corrected chi connectivity index (χ2v) is 4.72. The molecule has 2 aromatic rings. The molecular formula is C10H12FN5S. The lowest BCUT2D eigenvalue weighted by Gasteiger charge is -2.17. The van der Waals surface area contributed by atoms with E-state index in [4.69, 9.17) is 0 Å². The van der Waals surface area contributed by atoms with E-state index in [-0.39, 0.29) is 0 Å². The average Bonchev–Trinajstić information content (AvgIpc) is 2.95. The molecule has 5 nitrogen and oxygen atoms in total. The number of thioether (sulfide) groups is 1. The number of anilines is 1. The smallest absolute Gasteiger partial charge is 0.231 e. The molecule has 0 radical (unpaired) electrons. The molecule has 17 heavy (non-hydrogen) atoms. The molecule has 3 rings (SSSR count). The fourth-order valence-electron chi connectivity index (χ4n) is 1.99. The highest BCUT2D eigenvalue weighted by atomic mass is 32.2. The molecule has 1 saturated heterocycles. The zero-order valence-corrected chi connectivity index (χ0v) is 10.2. The Morgan fingerprint density at radius 1 is 1.47 bits per heavy atom. The van der Waals surface area contributed by atoms with E-state index in [0.717, 1.165) is 5.65 Å². The van der Waals surface area contributed by atoms with Crippen molar-refractivity contribution in [3.05, 3.63) is 12.3 Å². The van der Waals surface area contributed by atoms with E-state index in [0.29, 0.717) is 30.6 Å². The minimum absolute atomic E-state index is 0.389. The Hall–Kier alpha value is -1.37. The third-order valence-electron chi connectivity index (χ3n) is 2.81. The van der Waals surface area contributed by atoms with Crippen LogP contribution in [-0.2, 0) is 0 Å². The number of nitrogens with zero attached hydrogens (tertiary/aromatic N) is 5. The maximum absolute atomic E-state index is 13.2. The molecule has 1 aliphatic heterocycles. The van der Waals surface area contributed by atoms with Crippen LogP contribution in [0.5, 0.6) is 0 Å². The maximum atomic E-state index is 13.2. The first kappa shape index (κ1) is 10.8. The molecule has 0 saturated carbocycles. The topological polar surface area (TPSA) is 46.3 Å². The summed E-state index contributed by atoms with van der Waals surface area (Å²) in [6.45, 7) is 1.07. The van der Waals surface area contributed by atoms with Gasteiger partial charge < -0.3 is 4.90 Å². The largest absolute Gasteiger partial charge is 0.338 e. The van der Waals surface area contributed by atoms with Gasteiger partial charge in [-0.05, 0) is 12.7 Å². The molecule has 0 spiro atoms. The number of aromatic nitrogens is 4. The van der Waals surface area contributed by atoms with E-state index in [1.807, 2.05) is 17.2 Å². The van der Waals surface area contributed by atoms with Gasteiger partial charge in [-0.15, -0.1) is 0 Å².